The molecule has 1 aromatic heterocycles. The zero-order chi connectivity index (χ0) is 15.0. The minimum absolute atomic E-state index is 0.0556. The van der Waals surface area contributed by atoms with Gasteiger partial charge in [0.15, 0.2) is 5.88 Å². The van der Waals surface area contributed by atoms with Crippen molar-refractivity contribution < 1.29 is 9.21 Å². The predicted octanol–water partition coefficient (Wildman–Crippen LogP) is 2.62. The molecule has 0 radical (unpaired) electrons. The largest absolute Gasteiger partial charge is 0.440 e. The average molecular weight is 289 g/mol. The Hall–Kier alpha value is -1.78. The van der Waals surface area contributed by atoms with Crippen molar-refractivity contribution in [1.82, 2.24) is 5.43 Å². The van der Waals surface area contributed by atoms with Crippen LogP contribution in [0.4, 0.5) is 5.88 Å². The number of amides is 1. The number of hydrazone groups is 1. The molecule has 1 amide bonds. The first-order valence-electron chi connectivity index (χ1n) is 7.62. The monoisotopic (exact) mass is 289 g/mol. The van der Waals surface area contributed by atoms with Gasteiger partial charge in [0.1, 0.15) is 5.76 Å². The molecule has 5 nitrogen and oxygen atoms in total. The van der Waals surface area contributed by atoms with E-state index in [1.54, 1.807) is 6.21 Å². The molecule has 0 unspecified atom stereocenters. The number of nitrogens with zero attached hydrogens (tertiary/aromatic N) is 2. The number of fused-ring (bicyclic) bond motifs is 1. The van der Waals surface area contributed by atoms with Crippen LogP contribution in [0.1, 0.15) is 38.4 Å². The van der Waals surface area contributed by atoms with Crippen LogP contribution in [-0.4, -0.2) is 26.2 Å². The van der Waals surface area contributed by atoms with E-state index in [-0.39, 0.29) is 17.2 Å². The lowest BCUT2D eigenvalue weighted by atomic mass is 9.90. The van der Waals surface area contributed by atoms with Crippen molar-refractivity contribution >= 4 is 18.0 Å². The molecule has 1 aromatic rings. The molecule has 1 N–H and O–H groups in total. The third kappa shape index (κ3) is 2.57. The number of hydrogen-bond acceptors (Lipinski definition) is 4. The number of hydrogen-bond donors (Lipinski definition) is 1. The Morgan fingerprint density at radius 3 is 2.90 bits per heavy atom. The molecule has 114 valence electrons. The van der Waals surface area contributed by atoms with Crippen molar-refractivity contribution in [3.63, 3.8) is 0 Å². The summed E-state index contributed by atoms with van der Waals surface area (Å²) in [4.78, 5) is 14.1. The maximum atomic E-state index is 12.2. The molecule has 2 fully saturated rings. The third-order valence-electron chi connectivity index (χ3n) is 5.03. The summed E-state index contributed by atoms with van der Waals surface area (Å²) in [6, 6.07) is 3.71. The summed E-state index contributed by atoms with van der Waals surface area (Å²) in [5.74, 6) is 2.17. The van der Waals surface area contributed by atoms with Gasteiger partial charge in [-0.25, -0.2) is 5.43 Å². The van der Waals surface area contributed by atoms with Crippen molar-refractivity contribution in [2.45, 2.75) is 32.6 Å². The maximum absolute atomic E-state index is 12.2. The highest BCUT2D eigenvalue weighted by Gasteiger charge is 2.64. The van der Waals surface area contributed by atoms with Crippen LogP contribution in [0.25, 0.3) is 0 Å². The summed E-state index contributed by atoms with van der Waals surface area (Å²) in [5.41, 5.74) is 2.89. The Bertz CT molecular complexity index is 564. The van der Waals surface area contributed by atoms with E-state index >= 15 is 0 Å². The Labute approximate surface area is 125 Å². The molecule has 5 heteroatoms. The zero-order valence-corrected chi connectivity index (χ0v) is 12.9. The smallest absolute Gasteiger partial charge is 0.244 e. The normalized spacial score (nSPS) is 31.0. The van der Waals surface area contributed by atoms with Gasteiger partial charge in [0.25, 0.3) is 0 Å². The molecule has 2 aliphatic carbocycles. The molecule has 2 saturated carbocycles. The number of furan rings is 1. The molecule has 0 saturated heterocycles. The van der Waals surface area contributed by atoms with Gasteiger partial charge in [0, 0.05) is 26.1 Å². The summed E-state index contributed by atoms with van der Waals surface area (Å²) in [6.07, 6.45) is 6.42. The second-order valence-corrected chi connectivity index (χ2v) is 6.64. The van der Waals surface area contributed by atoms with Crippen LogP contribution in [0, 0.1) is 17.3 Å². The Morgan fingerprint density at radius 1 is 1.48 bits per heavy atom. The van der Waals surface area contributed by atoms with Gasteiger partial charge in [0.05, 0.1) is 6.21 Å². The van der Waals surface area contributed by atoms with E-state index in [9.17, 15) is 4.79 Å². The fraction of sp³-hybridized carbons (Fsp3) is 0.625. The molecule has 0 bridgehead atoms. The lowest BCUT2D eigenvalue weighted by molar-refractivity contribution is -0.123. The molecule has 0 aromatic carbocycles. The summed E-state index contributed by atoms with van der Waals surface area (Å²) >= 11 is 0. The zero-order valence-electron chi connectivity index (χ0n) is 12.9. The highest BCUT2D eigenvalue weighted by Crippen LogP contribution is 2.66. The maximum Gasteiger partial charge on any atom is 0.244 e. The SMILES string of the molecule is CN(C)c1ccc(/C=N\NC(=O)[C@@H]2[C@H]3CCCC[C@@]32C)o1. The van der Waals surface area contributed by atoms with Crippen LogP contribution in [0.5, 0.6) is 0 Å². The van der Waals surface area contributed by atoms with Crippen molar-refractivity contribution in [2.75, 3.05) is 19.0 Å². The topological polar surface area (TPSA) is 57.8 Å². The molecule has 21 heavy (non-hydrogen) atoms. The van der Waals surface area contributed by atoms with Crippen molar-refractivity contribution in [3.05, 3.63) is 17.9 Å². The molecule has 3 rings (SSSR count). The fourth-order valence-electron chi connectivity index (χ4n) is 3.73. The van der Waals surface area contributed by atoms with Gasteiger partial charge in [-0.3, -0.25) is 4.79 Å². The number of rotatable bonds is 4. The van der Waals surface area contributed by atoms with Gasteiger partial charge in [-0.05, 0) is 30.2 Å². The fourth-order valence-corrected chi connectivity index (χ4v) is 3.73. The van der Waals surface area contributed by atoms with Gasteiger partial charge in [0.2, 0.25) is 5.91 Å². The van der Waals surface area contributed by atoms with Crippen LogP contribution in [-0.2, 0) is 4.79 Å². The lowest BCUT2D eigenvalue weighted by Crippen LogP contribution is -2.22. The van der Waals surface area contributed by atoms with Crippen LogP contribution >= 0.6 is 0 Å². The molecule has 2 aliphatic rings. The van der Waals surface area contributed by atoms with Gasteiger partial charge >= 0.3 is 0 Å². The number of nitrogens with one attached hydrogen (secondary N) is 1. The van der Waals surface area contributed by atoms with Gasteiger partial charge in [-0.15, -0.1) is 0 Å². The van der Waals surface area contributed by atoms with Crippen LogP contribution in [0.3, 0.4) is 0 Å². The molecular weight excluding hydrogens is 266 g/mol. The molecule has 0 spiro atoms. The van der Waals surface area contributed by atoms with Crippen LogP contribution in [0.15, 0.2) is 21.7 Å². The van der Waals surface area contributed by atoms with Crippen LogP contribution < -0.4 is 10.3 Å². The summed E-state index contributed by atoms with van der Waals surface area (Å²) < 4.78 is 5.54. The van der Waals surface area contributed by atoms with E-state index in [2.05, 4.69) is 17.5 Å². The van der Waals surface area contributed by atoms with Gasteiger partial charge < -0.3 is 9.32 Å². The van der Waals surface area contributed by atoms with Crippen LogP contribution in [0.2, 0.25) is 0 Å². The van der Waals surface area contributed by atoms with E-state index < -0.39 is 0 Å². The highest BCUT2D eigenvalue weighted by molar-refractivity contribution is 5.85. The van der Waals surface area contributed by atoms with Crippen molar-refractivity contribution in [2.24, 2.45) is 22.4 Å². The standard InChI is InChI=1S/C16H23N3O2/c1-16-9-5-4-6-12(16)14(16)15(20)18-17-10-11-7-8-13(21-11)19(2)3/h7-8,10,12,14H,4-6,9H2,1-3H3,(H,18,20)/b17-10-/t12-,14+,16+/m1/s1. The first-order chi connectivity index (χ1) is 10.0. The van der Waals surface area contributed by atoms with E-state index in [4.69, 9.17) is 4.42 Å². The minimum Gasteiger partial charge on any atom is -0.440 e. The Morgan fingerprint density at radius 2 is 2.29 bits per heavy atom. The Balaban J connectivity index is 1.55. The number of carbonyl (C=O) groups is 1. The molecule has 3 atom stereocenters. The predicted molar refractivity (Wildman–Crippen MR) is 82.3 cm³/mol. The van der Waals surface area contributed by atoms with E-state index in [0.717, 1.165) is 5.88 Å². The number of anilines is 1. The minimum atomic E-state index is 0.0556. The van der Waals surface area contributed by atoms with Crippen molar-refractivity contribution in [1.29, 1.82) is 0 Å². The third-order valence-corrected chi connectivity index (χ3v) is 5.03. The van der Waals surface area contributed by atoms with E-state index in [0.29, 0.717) is 11.7 Å². The number of carbonyl (C=O) groups excluding carboxylic acids is 1. The van der Waals surface area contributed by atoms with E-state index in [1.807, 2.05) is 31.1 Å². The first kappa shape index (κ1) is 14.2. The molecule has 0 aliphatic heterocycles. The molecular formula is C16H23N3O2. The lowest BCUT2D eigenvalue weighted by Gasteiger charge is -2.15. The second kappa shape index (κ2) is 5.20. The summed E-state index contributed by atoms with van der Waals surface area (Å²) in [5, 5.41) is 4.03. The summed E-state index contributed by atoms with van der Waals surface area (Å²) in [6.45, 7) is 2.24. The van der Waals surface area contributed by atoms with Crippen molar-refractivity contribution in [3.8, 4) is 0 Å². The summed E-state index contributed by atoms with van der Waals surface area (Å²) in [7, 11) is 3.83. The first-order valence-corrected chi connectivity index (χ1v) is 7.62. The quantitative estimate of drug-likeness (QED) is 0.684. The van der Waals surface area contributed by atoms with Gasteiger partial charge in [-0.1, -0.05) is 19.8 Å². The molecule has 1 heterocycles. The average Bonchev–Trinajstić information content (AvgIpc) is 2.80. The highest BCUT2D eigenvalue weighted by atomic mass is 16.4. The van der Waals surface area contributed by atoms with Gasteiger partial charge in [-0.2, -0.15) is 5.10 Å². The van der Waals surface area contributed by atoms with E-state index in [1.165, 1.54) is 25.7 Å². The second-order valence-electron chi connectivity index (χ2n) is 6.64. The Kier molecular flexibility index (Phi) is 3.51.